The van der Waals surface area contributed by atoms with Gasteiger partial charge in [0.05, 0.1) is 10.6 Å². The molecule has 0 spiro atoms. The van der Waals surface area contributed by atoms with Gasteiger partial charge in [0.1, 0.15) is 10.7 Å². The Labute approximate surface area is 150 Å². The van der Waals surface area contributed by atoms with E-state index in [2.05, 4.69) is 0 Å². The van der Waals surface area contributed by atoms with Gasteiger partial charge in [0.15, 0.2) is 5.75 Å². The number of rotatable bonds is 4. The standard InChI is InChI=1S/C14H9Cl2F4NO3S/c15-8-4-10(16)13(22)11(5-8)25(23,24)21-6-7-2-1-3-9(12(7)17)14(18,19)20/h1-5,21-22H,6H2. The number of phenolic OH excluding ortho intramolecular Hbond substituents is 1. The van der Waals surface area contributed by atoms with Crippen molar-refractivity contribution in [2.45, 2.75) is 17.6 Å². The molecule has 0 bridgehead atoms. The molecule has 2 aromatic carbocycles. The van der Waals surface area contributed by atoms with E-state index < -0.39 is 50.3 Å². The van der Waals surface area contributed by atoms with Crippen LogP contribution >= 0.6 is 23.2 Å². The van der Waals surface area contributed by atoms with E-state index in [4.69, 9.17) is 23.2 Å². The molecule has 0 aliphatic carbocycles. The van der Waals surface area contributed by atoms with Gasteiger partial charge in [0, 0.05) is 17.1 Å². The zero-order valence-electron chi connectivity index (χ0n) is 12.0. The van der Waals surface area contributed by atoms with Crippen LogP contribution in [0.2, 0.25) is 10.0 Å². The normalized spacial score (nSPS) is 12.4. The molecular weight excluding hydrogens is 409 g/mol. The summed E-state index contributed by atoms with van der Waals surface area (Å²) in [6, 6.07) is 4.48. The maximum Gasteiger partial charge on any atom is 0.419 e. The zero-order valence-corrected chi connectivity index (χ0v) is 14.4. The summed E-state index contributed by atoms with van der Waals surface area (Å²) in [6.07, 6.45) is -4.92. The lowest BCUT2D eigenvalue weighted by Gasteiger charge is -2.13. The first-order valence-corrected chi connectivity index (χ1v) is 8.69. The zero-order chi connectivity index (χ0) is 19.0. The van der Waals surface area contributed by atoms with Crippen LogP contribution in [0.15, 0.2) is 35.2 Å². The fourth-order valence-corrected chi connectivity index (χ4v) is 3.69. The monoisotopic (exact) mass is 417 g/mol. The van der Waals surface area contributed by atoms with Crippen molar-refractivity contribution in [3.05, 3.63) is 57.3 Å². The third-order valence-electron chi connectivity index (χ3n) is 3.12. The van der Waals surface area contributed by atoms with Gasteiger partial charge < -0.3 is 5.11 Å². The summed E-state index contributed by atoms with van der Waals surface area (Å²) in [6.45, 7) is -0.776. The molecule has 0 atom stereocenters. The second kappa shape index (κ2) is 6.99. The largest absolute Gasteiger partial charge is 0.505 e. The Balaban J connectivity index is 2.33. The van der Waals surface area contributed by atoms with E-state index in [1.807, 2.05) is 4.72 Å². The van der Waals surface area contributed by atoms with Crippen molar-refractivity contribution < 1.29 is 31.1 Å². The molecular formula is C14H9Cl2F4NO3S. The molecule has 25 heavy (non-hydrogen) atoms. The summed E-state index contributed by atoms with van der Waals surface area (Å²) in [5.74, 6) is -2.38. The van der Waals surface area contributed by atoms with Crippen LogP contribution in [-0.2, 0) is 22.7 Å². The van der Waals surface area contributed by atoms with Gasteiger partial charge in [0.25, 0.3) is 0 Å². The van der Waals surface area contributed by atoms with E-state index >= 15 is 0 Å². The third-order valence-corrected chi connectivity index (χ3v) is 5.04. The predicted octanol–water partition coefficient (Wildman–Crippen LogP) is 4.34. The van der Waals surface area contributed by atoms with Gasteiger partial charge in [-0.25, -0.2) is 17.5 Å². The van der Waals surface area contributed by atoms with E-state index in [1.165, 1.54) is 0 Å². The highest BCUT2D eigenvalue weighted by atomic mass is 35.5. The molecule has 11 heteroatoms. The highest BCUT2D eigenvalue weighted by molar-refractivity contribution is 7.89. The minimum atomic E-state index is -4.92. The number of sulfonamides is 1. The molecule has 2 aromatic rings. The second-order valence-electron chi connectivity index (χ2n) is 4.84. The van der Waals surface area contributed by atoms with Crippen molar-refractivity contribution in [3.8, 4) is 5.75 Å². The molecule has 0 heterocycles. The highest BCUT2D eigenvalue weighted by Gasteiger charge is 2.35. The van der Waals surface area contributed by atoms with Crippen LogP contribution in [0.25, 0.3) is 0 Å². The summed E-state index contributed by atoms with van der Waals surface area (Å²) < 4.78 is 78.2. The van der Waals surface area contributed by atoms with Gasteiger partial charge in [-0.15, -0.1) is 0 Å². The van der Waals surface area contributed by atoms with Crippen molar-refractivity contribution in [2.24, 2.45) is 0 Å². The molecule has 0 saturated heterocycles. The van der Waals surface area contributed by atoms with Crippen molar-refractivity contribution >= 4 is 33.2 Å². The summed E-state index contributed by atoms with van der Waals surface area (Å²) in [4.78, 5) is -0.683. The number of hydrogen-bond acceptors (Lipinski definition) is 3. The lowest BCUT2D eigenvalue weighted by Crippen LogP contribution is -2.24. The average molecular weight is 418 g/mol. The van der Waals surface area contributed by atoms with E-state index in [0.717, 1.165) is 24.3 Å². The number of benzene rings is 2. The lowest BCUT2D eigenvalue weighted by molar-refractivity contribution is -0.140. The third kappa shape index (κ3) is 4.35. The molecule has 0 amide bonds. The van der Waals surface area contributed by atoms with Crippen molar-refractivity contribution in [2.75, 3.05) is 0 Å². The van der Waals surface area contributed by atoms with Crippen molar-refractivity contribution in [1.82, 2.24) is 4.72 Å². The van der Waals surface area contributed by atoms with Gasteiger partial charge in [0.2, 0.25) is 10.0 Å². The second-order valence-corrected chi connectivity index (χ2v) is 7.41. The minimum Gasteiger partial charge on any atom is -0.505 e. The Kier molecular flexibility index (Phi) is 5.53. The first kappa shape index (κ1) is 19.8. The fourth-order valence-electron chi connectivity index (χ4n) is 1.93. The van der Waals surface area contributed by atoms with Crippen molar-refractivity contribution in [3.63, 3.8) is 0 Å². The smallest absolute Gasteiger partial charge is 0.419 e. The summed E-state index contributed by atoms with van der Waals surface area (Å²) in [5, 5.41) is 9.30. The first-order chi connectivity index (χ1) is 11.4. The van der Waals surface area contributed by atoms with E-state index in [0.29, 0.717) is 6.07 Å². The van der Waals surface area contributed by atoms with Crippen LogP contribution in [-0.4, -0.2) is 13.5 Å². The molecule has 0 radical (unpaired) electrons. The molecule has 0 fully saturated rings. The Morgan fingerprint density at radius 1 is 1.16 bits per heavy atom. The molecule has 2 N–H and O–H groups in total. The molecule has 4 nitrogen and oxygen atoms in total. The van der Waals surface area contributed by atoms with Gasteiger partial charge in [-0.05, 0) is 18.2 Å². The van der Waals surface area contributed by atoms with Crippen LogP contribution in [0.5, 0.6) is 5.75 Å². The van der Waals surface area contributed by atoms with Crippen LogP contribution in [0, 0.1) is 5.82 Å². The summed E-state index contributed by atoms with van der Waals surface area (Å²) in [5.41, 5.74) is -2.04. The van der Waals surface area contributed by atoms with E-state index in [1.54, 1.807) is 0 Å². The molecule has 2 rings (SSSR count). The quantitative estimate of drug-likeness (QED) is 0.727. The van der Waals surface area contributed by atoms with Crippen LogP contribution in [0.1, 0.15) is 11.1 Å². The average Bonchev–Trinajstić information content (AvgIpc) is 2.48. The fraction of sp³-hybridized carbons (Fsp3) is 0.143. The molecule has 0 aliphatic rings. The van der Waals surface area contributed by atoms with E-state index in [9.17, 15) is 31.1 Å². The molecule has 0 unspecified atom stereocenters. The van der Waals surface area contributed by atoms with Crippen LogP contribution in [0.3, 0.4) is 0 Å². The van der Waals surface area contributed by atoms with Crippen LogP contribution in [0.4, 0.5) is 17.6 Å². The maximum atomic E-state index is 13.9. The Morgan fingerprint density at radius 2 is 1.80 bits per heavy atom. The number of phenols is 1. The number of alkyl halides is 3. The number of nitrogens with one attached hydrogen (secondary N) is 1. The molecule has 0 aromatic heterocycles. The first-order valence-electron chi connectivity index (χ1n) is 6.45. The Morgan fingerprint density at radius 3 is 2.40 bits per heavy atom. The Hall–Kier alpha value is -1.55. The number of hydrogen-bond donors (Lipinski definition) is 2. The predicted molar refractivity (Wildman–Crippen MR) is 83.6 cm³/mol. The lowest BCUT2D eigenvalue weighted by atomic mass is 10.1. The van der Waals surface area contributed by atoms with Gasteiger partial charge in [-0.2, -0.15) is 13.2 Å². The van der Waals surface area contributed by atoms with E-state index in [-0.39, 0.29) is 10.0 Å². The maximum absolute atomic E-state index is 13.9. The van der Waals surface area contributed by atoms with Gasteiger partial charge in [-0.3, -0.25) is 0 Å². The molecule has 0 saturated carbocycles. The Bertz CT molecular complexity index is 917. The molecule has 136 valence electrons. The summed E-state index contributed by atoms with van der Waals surface area (Å²) in [7, 11) is -4.42. The number of aromatic hydroxyl groups is 1. The minimum absolute atomic E-state index is 0.0894. The highest BCUT2D eigenvalue weighted by Crippen LogP contribution is 2.35. The van der Waals surface area contributed by atoms with Gasteiger partial charge >= 0.3 is 6.18 Å². The molecule has 0 aliphatic heterocycles. The van der Waals surface area contributed by atoms with Gasteiger partial charge in [-0.1, -0.05) is 35.3 Å². The SMILES string of the molecule is O=S(=O)(NCc1cccc(C(F)(F)F)c1F)c1cc(Cl)cc(Cl)c1O. The van der Waals surface area contributed by atoms with Crippen LogP contribution < -0.4 is 4.72 Å². The number of halogens is 6. The topological polar surface area (TPSA) is 66.4 Å². The van der Waals surface area contributed by atoms with Crippen molar-refractivity contribution in [1.29, 1.82) is 0 Å². The summed E-state index contributed by atoms with van der Waals surface area (Å²) >= 11 is 11.3.